The number of nitrogens with zero attached hydrogens (tertiary/aromatic N) is 2. The largest absolute Gasteiger partial charge is 0.453 e. The normalized spacial score (nSPS) is 19.0. The molecule has 0 bridgehead atoms. The number of halogens is 1. The average Bonchev–Trinajstić information content (AvgIpc) is 3.38. The van der Waals surface area contributed by atoms with Gasteiger partial charge in [-0.05, 0) is 61.9 Å². The van der Waals surface area contributed by atoms with Gasteiger partial charge in [0.05, 0.1) is 7.11 Å². The first kappa shape index (κ1) is 25.7. The molecule has 1 aliphatic carbocycles. The van der Waals surface area contributed by atoms with E-state index in [2.05, 4.69) is 5.32 Å². The summed E-state index contributed by atoms with van der Waals surface area (Å²) in [7, 11) is 1.28. The molecule has 192 valence electrons. The monoisotopic (exact) mass is 495 g/mol. The molecule has 1 saturated carbocycles. The fourth-order valence-corrected chi connectivity index (χ4v) is 5.37. The number of aryl methyl sites for hydroxylation is 1. The Labute approximate surface area is 211 Å². The van der Waals surface area contributed by atoms with Crippen molar-refractivity contribution in [2.45, 2.75) is 70.0 Å². The molecule has 7 nitrogen and oxygen atoms in total. The number of methoxy groups -OCH3 is 1. The van der Waals surface area contributed by atoms with Gasteiger partial charge < -0.3 is 10.1 Å². The molecule has 1 N–H and O–H groups in total. The summed E-state index contributed by atoms with van der Waals surface area (Å²) in [6, 6.07) is 11.3. The van der Waals surface area contributed by atoms with Crippen LogP contribution in [-0.2, 0) is 14.3 Å². The van der Waals surface area contributed by atoms with E-state index in [9.17, 15) is 18.8 Å². The Morgan fingerprint density at radius 3 is 2.47 bits per heavy atom. The molecule has 2 atom stereocenters. The minimum absolute atomic E-state index is 0.0280. The predicted octanol–water partition coefficient (Wildman–Crippen LogP) is 4.89. The van der Waals surface area contributed by atoms with Crippen molar-refractivity contribution in [2.24, 2.45) is 0 Å². The minimum Gasteiger partial charge on any atom is -0.453 e. The van der Waals surface area contributed by atoms with Crippen LogP contribution in [0.3, 0.4) is 0 Å². The molecule has 2 fully saturated rings. The first-order valence-corrected chi connectivity index (χ1v) is 12.7. The third kappa shape index (κ3) is 5.53. The fraction of sp³-hybridized carbons (Fsp3) is 0.464. The van der Waals surface area contributed by atoms with E-state index in [1.165, 1.54) is 35.1 Å². The van der Waals surface area contributed by atoms with E-state index in [4.69, 9.17) is 4.74 Å². The van der Waals surface area contributed by atoms with Gasteiger partial charge in [0.25, 0.3) is 5.91 Å². The molecule has 0 spiro atoms. The lowest BCUT2D eigenvalue weighted by atomic mass is 9.93. The summed E-state index contributed by atoms with van der Waals surface area (Å²) in [4.78, 5) is 43.3. The lowest BCUT2D eigenvalue weighted by molar-refractivity contribution is -0.129. The third-order valence-electron chi connectivity index (χ3n) is 7.21. The second-order valence-electron chi connectivity index (χ2n) is 9.61. The highest BCUT2D eigenvalue weighted by Crippen LogP contribution is 2.34. The Morgan fingerprint density at radius 2 is 1.78 bits per heavy atom. The van der Waals surface area contributed by atoms with Gasteiger partial charge in [0.15, 0.2) is 0 Å². The number of carbonyl (C=O) groups is 3. The van der Waals surface area contributed by atoms with E-state index in [0.717, 1.165) is 37.7 Å². The first-order chi connectivity index (χ1) is 17.4. The molecule has 2 aromatic carbocycles. The van der Waals surface area contributed by atoms with E-state index in [0.29, 0.717) is 24.9 Å². The standard InChI is InChI=1S/C28H34FN3O4/c1-19-10-6-7-15-23(19)25(26(33)30-21-12-4-3-5-13-21)32(22-14-8-11-20(29)18-22)27(34)24-16-9-17-31(24)28(35)36-2/h6-8,10-11,14-15,18,21,24-25H,3-5,9,12-13,16-17H2,1-2H3,(H,30,33). The number of amides is 3. The van der Waals surface area contributed by atoms with E-state index in [-0.39, 0.29) is 17.6 Å². The number of benzene rings is 2. The summed E-state index contributed by atoms with van der Waals surface area (Å²) < 4.78 is 19.3. The summed E-state index contributed by atoms with van der Waals surface area (Å²) in [6.45, 7) is 2.27. The highest BCUT2D eigenvalue weighted by molar-refractivity contribution is 6.05. The predicted molar refractivity (Wildman–Crippen MR) is 135 cm³/mol. The van der Waals surface area contributed by atoms with Gasteiger partial charge in [0.1, 0.15) is 17.9 Å². The van der Waals surface area contributed by atoms with Gasteiger partial charge in [0.2, 0.25) is 5.91 Å². The van der Waals surface area contributed by atoms with Crippen LogP contribution < -0.4 is 10.2 Å². The molecule has 0 radical (unpaired) electrons. The zero-order chi connectivity index (χ0) is 25.7. The van der Waals surface area contributed by atoms with Crippen LogP contribution in [0.15, 0.2) is 48.5 Å². The molecule has 3 amide bonds. The van der Waals surface area contributed by atoms with Crippen molar-refractivity contribution in [3.63, 3.8) is 0 Å². The summed E-state index contributed by atoms with van der Waals surface area (Å²) in [6.07, 6.45) is 5.48. The average molecular weight is 496 g/mol. The Hall–Kier alpha value is -3.42. The van der Waals surface area contributed by atoms with Gasteiger partial charge in [-0.25, -0.2) is 9.18 Å². The number of carbonyl (C=O) groups excluding carboxylic acids is 3. The maximum absolute atomic E-state index is 14.4. The molecule has 1 saturated heterocycles. The van der Waals surface area contributed by atoms with Crippen molar-refractivity contribution in [3.05, 3.63) is 65.5 Å². The van der Waals surface area contributed by atoms with E-state index >= 15 is 0 Å². The van der Waals surface area contributed by atoms with E-state index in [1.807, 2.05) is 31.2 Å². The maximum Gasteiger partial charge on any atom is 0.410 e. The van der Waals surface area contributed by atoms with Gasteiger partial charge in [-0.15, -0.1) is 0 Å². The number of nitrogens with one attached hydrogen (secondary N) is 1. The Bertz CT molecular complexity index is 1100. The summed E-state index contributed by atoms with van der Waals surface area (Å²) >= 11 is 0. The maximum atomic E-state index is 14.4. The molecule has 2 aromatic rings. The van der Waals surface area contributed by atoms with Gasteiger partial charge in [0, 0.05) is 18.3 Å². The van der Waals surface area contributed by atoms with Gasteiger partial charge >= 0.3 is 6.09 Å². The molecule has 0 aromatic heterocycles. The Kier molecular flexibility index (Phi) is 8.23. The van der Waals surface area contributed by atoms with Crippen LogP contribution in [0.2, 0.25) is 0 Å². The van der Waals surface area contributed by atoms with Crippen LogP contribution >= 0.6 is 0 Å². The number of ether oxygens (including phenoxy) is 1. The molecule has 8 heteroatoms. The second kappa shape index (κ2) is 11.5. The summed E-state index contributed by atoms with van der Waals surface area (Å²) in [5, 5.41) is 3.17. The lowest BCUT2D eigenvalue weighted by Gasteiger charge is -2.36. The molecule has 1 heterocycles. The van der Waals surface area contributed by atoms with Crippen molar-refractivity contribution in [1.82, 2.24) is 10.2 Å². The number of hydrogen-bond donors (Lipinski definition) is 1. The second-order valence-corrected chi connectivity index (χ2v) is 9.61. The van der Waals surface area contributed by atoms with E-state index in [1.54, 1.807) is 6.07 Å². The Morgan fingerprint density at radius 1 is 1.03 bits per heavy atom. The molecule has 1 aliphatic heterocycles. The SMILES string of the molecule is COC(=O)N1CCCC1C(=O)N(c1cccc(F)c1)C(C(=O)NC1CCCCC1)c1ccccc1C. The van der Waals surface area contributed by atoms with Gasteiger partial charge in [-0.1, -0.05) is 49.6 Å². The molecular weight excluding hydrogens is 461 g/mol. The number of rotatable bonds is 6. The van der Waals surface area contributed by atoms with Crippen molar-refractivity contribution >= 4 is 23.6 Å². The van der Waals surface area contributed by atoms with Crippen LogP contribution in [0, 0.1) is 12.7 Å². The molecule has 36 heavy (non-hydrogen) atoms. The van der Waals surface area contributed by atoms with Crippen LogP contribution in [-0.4, -0.2) is 48.5 Å². The van der Waals surface area contributed by atoms with Gasteiger partial charge in [-0.2, -0.15) is 0 Å². The topological polar surface area (TPSA) is 79.0 Å². The summed E-state index contributed by atoms with van der Waals surface area (Å²) in [5.74, 6) is -1.26. The quantitative estimate of drug-likeness (QED) is 0.619. The Balaban J connectivity index is 1.80. The number of anilines is 1. The molecule has 4 rings (SSSR count). The molecular formula is C28H34FN3O4. The number of likely N-dealkylation sites (tertiary alicyclic amines) is 1. The van der Waals surface area contributed by atoms with Crippen molar-refractivity contribution in [2.75, 3.05) is 18.6 Å². The van der Waals surface area contributed by atoms with Gasteiger partial charge in [-0.3, -0.25) is 19.4 Å². The highest BCUT2D eigenvalue weighted by atomic mass is 19.1. The van der Waals surface area contributed by atoms with Crippen molar-refractivity contribution in [1.29, 1.82) is 0 Å². The van der Waals surface area contributed by atoms with E-state index < -0.39 is 29.9 Å². The smallest absolute Gasteiger partial charge is 0.410 e. The minimum atomic E-state index is -1.03. The van der Waals surface area contributed by atoms with Crippen LogP contribution in [0.5, 0.6) is 0 Å². The molecule has 2 aliphatic rings. The fourth-order valence-electron chi connectivity index (χ4n) is 5.37. The van der Waals surface area contributed by atoms with Crippen LogP contribution in [0.25, 0.3) is 0 Å². The summed E-state index contributed by atoms with van der Waals surface area (Å²) in [5.41, 5.74) is 1.77. The number of hydrogen-bond acceptors (Lipinski definition) is 4. The van der Waals surface area contributed by atoms with Crippen molar-refractivity contribution < 1.29 is 23.5 Å². The molecule has 2 unspecified atom stereocenters. The van der Waals surface area contributed by atoms with Crippen molar-refractivity contribution in [3.8, 4) is 0 Å². The van der Waals surface area contributed by atoms with Crippen LogP contribution in [0.1, 0.15) is 62.1 Å². The highest BCUT2D eigenvalue weighted by Gasteiger charge is 2.42. The first-order valence-electron chi connectivity index (χ1n) is 12.7. The van der Waals surface area contributed by atoms with Crippen LogP contribution in [0.4, 0.5) is 14.9 Å². The zero-order valence-electron chi connectivity index (χ0n) is 20.9. The zero-order valence-corrected chi connectivity index (χ0v) is 20.9. The lowest BCUT2D eigenvalue weighted by Crippen LogP contribution is -2.53. The third-order valence-corrected chi connectivity index (χ3v) is 7.21.